The third-order valence-electron chi connectivity index (χ3n) is 2.76. The van der Waals surface area contributed by atoms with Gasteiger partial charge in [-0.2, -0.15) is 0 Å². The lowest BCUT2D eigenvalue weighted by molar-refractivity contribution is -0.152. The average molecular weight is 291 g/mol. The summed E-state index contributed by atoms with van der Waals surface area (Å²) < 4.78 is 20.4. The van der Waals surface area contributed by atoms with Crippen LogP contribution in [0.3, 0.4) is 0 Å². The standard InChI is InChI=1S/C14H29NO5/c1-17-10-6-4-8-13(16)15-9-5-7-11-20-14(19-3)12-18-2/h14H,4-12H2,1-3H3,(H,15,16). The fraction of sp³-hybridized carbons (Fsp3) is 0.929. The van der Waals surface area contributed by atoms with Crippen LogP contribution in [0.4, 0.5) is 0 Å². The number of carbonyl (C=O) groups is 1. The molecule has 120 valence electrons. The molecule has 0 fully saturated rings. The molecule has 20 heavy (non-hydrogen) atoms. The van der Waals surface area contributed by atoms with E-state index in [0.29, 0.717) is 32.8 Å². The molecule has 0 aromatic rings. The first-order chi connectivity index (χ1) is 9.74. The minimum Gasteiger partial charge on any atom is -0.385 e. The van der Waals surface area contributed by atoms with E-state index in [4.69, 9.17) is 18.9 Å². The van der Waals surface area contributed by atoms with Gasteiger partial charge >= 0.3 is 0 Å². The van der Waals surface area contributed by atoms with E-state index in [-0.39, 0.29) is 12.2 Å². The molecule has 0 rings (SSSR count). The van der Waals surface area contributed by atoms with Crippen LogP contribution in [0.5, 0.6) is 0 Å². The van der Waals surface area contributed by atoms with Gasteiger partial charge in [0.05, 0.1) is 6.61 Å². The summed E-state index contributed by atoms with van der Waals surface area (Å²) in [7, 11) is 4.87. The van der Waals surface area contributed by atoms with Crippen LogP contribution in [0, 0.1) is 0 Å². The van der Waals surface area contributed by atoms with Crippen molar-refractivity contribution >= 4 is 5.91 Å². The van der Waals surface area contributed by atoms with Gasteiger partial charge in [-0.3, -0.25) is 4.79 Å². The number of unbranched alkanes of at least 4 members (excludes halogenated alkanes) is 2. The largest absolute Gasteiger partial charge is 0.385 e. The van der Waals surface area contributed by atoms with Gasteiger partial charge in [0.2, 0.25) is 5.91 Å². The molecule has 0 heterocycles. The Labute approximate surface area is 122 Å². The summed E-state index contributed by atoms with van der Waals surface area (Å²) in [5.74, 6) is 0.108. The Morgan fingerprint density at radius 3 is 2.40 bits per heavy atom. The highest BCUT2D eigenvalue weighted by atomic mass is 16.7. The molecule has 1 atom stereocenters. The number of methoxy groups -OCH3 is 3. The van der Waals surface area contributed by atoms with Crippen LogP contribution in [0.1, 0.15) is 32.1 Å². The predicted octanol–water partition coefficient (Wildman–Crippen LogP) is 1.34. The molecular weight excluding hydrogens is 262 g/mol. The quantitative estimate of drug-likeness (QED) is 0.386. The molecule has 1 amide bonds. The van der Waals surface area contributed by atoms with E-state index < -0.39 is 0 Å². The van der Waals surface area contributed by atoms with Gasteiger partial charge in [-0.1, -0.05) is 0 Å². The number of carbonyl (C=O) groups excluding carboxylic acids is 1. The van der Waals surface area contributed by atoms with E-state index in [1.807, 2.05) is 0 Å². The summed E-state index contributed by atoms with van der Waals surface area (Å²) in [6, 6.07) is 0. The normalized spacial score (nSPS) is 12.3. The molecule has 1 N–H and O–H groups in total. The summed E-state index contributed by atoms with van der Waals surface area (Å²) in [5.41, 5.74) is 0. The zero-order valence-electron chi connectivity index (χ0n) is 13.0. The number of hydrogen-bond donors (Lipinski definition) is 1. The highest BCUT2D eigenvalue weighted by molar-refractivity contribution is 5.75. The smallest absolute Gasteiger partial charge is 0.219 e. The van der Waals surface area contributed by atoms with E-state index in [1.165, 1.54) is 0 Å². The Morgan fingerprint density at radius 1 is 1.00 bits per heavy atom. The molecule has 0 aliphatic heterocycles. The van der Waals surface area contributed by atoms with Gasteiger partial charge in [0, 0.05) is 47.5 Å². The topological polar surface area (TPSA) is 66.0 Å². The second kappa shape index (κ2) is 14.7. The second-order valence-electron chi connectivity index (χ2n) is 4.50. The molecule has 0 bridgehead atoms. The van der Waals surface area contributed by atoms with Crippen LogP contribution in [0.2, 0.25) is 0 Å². The van der Waals surface area contributed by atoms with Crippen LogP contribution in [0.15, 0.2) is 0 Å². The van der Waals surface area contributed by atoms with E-state index in [9.17, 15) is 4.79 Å². The molecule has 6 heteroatoms. The first-order valence-electron chi connectivity index (χ1n) is 7.13. The molecule has 0 saturated heterocycles. The minimum absolute atomic E-state index is 0.108. The van der Waals surface area contributed by atoms with Crippen molar-refractivity contribution in [2.24, 2.45) is 0 Å². The second-order valence-corrected chi connectivity index (χ2v) is 4.50. The van der Waals surface area contributed by atoms with Crippen molar-refractivity contribution < 1.29 is 23.7 Å². The molecule has 1 unspecified atom stereocenters. The van der Waals surface area contributed by atoms with Crippen molar-refractivity contribution in [3.8, 4) is 0 Å². The molecule has 0 aliphatic carbocycles. The zero-order valence-corrected chi connectivity index (χ0v) is 13.0. The fourth-order valence-corrected chi connectivity index (χ4v) is 1.61. The van der Waals surface area contributed by atoms with E-state index in [2.05, 4.69) is 5.32 Å². The van der Waals surface area contributed by atoms with E-state index in [1.54, 1.807) is 21.3 Å². The number of ether oxygens (including phenoxy) is 4. The zero-order chi connectivity index (χ0) is 15.1. The Hall–Kier alpha value is -0.690. The summed E-state index contributed by atoms with van der Waals surface area (Å²) in [4.78, 5) is 11.5. The Bertz CT molecular complexity index is 226. The van der Waals surface area contributed by atoms with Crippen LogP contribution in [-0.2, 0) is 23.7 Å². The van der Waals surface area contributed by atoms with E-state index >= 15 is 0 Å². The minimum atomic E-state index is -0.310. The van der Waals surface area contributed by atoms with Crippen LogP contribution < -0.4 is 5.32 Å². The van der Waals surface area contributed by atoms with Crippen molar-refractivity contribution in [1.82, 2.24) is 5.32 Å². The van der Waals surface area contributed by atoms with Crippen molar-refractivity contribution in [2.75, 3.05) is 47.7 Å². The third-order valence-corrected chi connectivity index (χ3v) is 2.76. The Balaban J connectivity index is 3.32. The monoisotopic (exact) mass is 291 g/mol. The first-order valence-corrected chi connectivity index (χ1v) is 7.13. The lowest BCUT2D eigenvalue weighted by Gasteiger charge is -2.15. The first kappa shape index (κ1) is 19.3. The molecule has 0 aliphatic rings. The van der Waals surface area contributed by atoms with Crippen LogP contribution in [-0.4, -0.2) is 59.9 Å². The maximum atomic E-state index is 11.5. The molecule has 0 aromatic heterocycles. The lowest BCUT2D eigenvalue weighted by Crippen LogP contribution is -2.25. The van der Waals surface area contributed by atoms with E-state index in [0.717, 1.165) is 25.7 Å². The van der Waals surface area contributed by atoms with Gasteiger partial charge in [0.25, 0.3) is 0 Å². The van der Waals surface area contributed by atoms with Gasteiger partial charge in [0.15, 0.2) is 6.29 Å². The van der Waals surface area contributed by atoms with Gasteiger partial charge < -0.3 is 24.3 Å². The molecular formula is C14H29NO5. The average Bonchev–Trinajstić information content (AvgIpc) is 2.46. The number of nitrogens with one attached hydrogen (secondary N) is 1. The van der Waals surface area contributed by atoms with Gasteiger partial charge in [-0.05, 0) is 25.7 Å². The van der Waals surface area contributed by atoms with Crippen molar-refractivity contribution in [2.45, 2.75) is 38.4 Å². The molecule has 6 nitrogen and oxygen atoms in total. The van der Waals surface area contributed by atoms with Crippen LogP contribution in [0.25, 0.3) is 0 Å². The van der Waals surface area contributed by atoms with Gasteiger partial charge in [0.1, 0.15) is 0 Å². The summed E-state index contributed by atoms with van der Waals surface area (Å²) >= 11 is 0. The van der Waals surface area contributed by atoms with Crippen LogP contribution >= 0.6 is 0 Å². The summed E-state index contributed by atoms with van der Waals surface area (Å²) in [6.07, 6.45) is 3.83. The highest BCUT2D eigenvalue weighted by Gasteiger charge is 2.06. The Morgan fingerprint density at radius 2 is 1.75 bits per heavy atom. The molecule has 0 radical (unpaired) electrons. The third kappa shape index (κ3) is 12.3. The van der Waals surface area contributed by atoms with Gasteiger partial charge in [-0.15, -0.1) is 0 Å². The van der Waals surface area contributed by atoms with Crippen molar-refractivity contribution in [3.05, 3.63) is 0 Å². The molecule has 0 spiro atoms. The maximum absolute atomic E-state index is 11.5. The van der Waals surface area contributed by atoms with Crippen molar-refractivity contribution in [1.29, 1.82) is 0 Å². The Kier molecular flexibility index (Phi) is 14.2. The van der Waals surface area contributed by atoms with Gasteiger partial charge in [-0.25, -0.2) is 0 Å². The maximum Gasteiger partial charge on any atom is 0.219 e. The number of amides is 1. The van der Waals surface area contributed by atoms with Crippen molar-refractivity contribution in [3.63, 3.8) is 0 Å². The lowest BCUT2D eigenvalue weighted by atomic mass is 10.2. The summed E-state index contributed by atoms with van der Waals surface area (Å²) in [6.45, 7) is 2.43. The highest BCUT2D eigenvalue weighted by Crippen LogP contribution is 1.98. The molecule has 0 aromatic carbocycles. The number of hydrogen-bond acceptors (Lipinski definition) is 5. The fourth-order valence-electron chi connectivity index (χ4n) is 1.61. The SMILES string of the molecule is COCCCCC(=O)NCCCCOC(COC)OC. The predicted molar refractivity (Wildman–Crippen MR) is 76.6 cm³/mol. The summed E-state index contributed by atoms with van der Waals surface area (Å²) in [5, 5.41) is 2.90. The number of rotatable bonds is 14. The molecule has 0 saturated carbocycles.